The molecule has 8 aromatic rings. The summed E-state index contributed by atoms with van der Waals surface area (Å²) in [6.07, 6.45) is 5.79. The molecule has 5 heteroatoms. The van der Waals surface area contributed by atoms with Crippen LogP contribution in [0.5, 0.6) is 11.5 Å². The maximum absolute atomic E-state index is 6.57. The smallest absolute Gasteiger partial charge is 0.145 e. The van der Waals surface area contributed by atoms with Gasteiger partial charge in [-0.15, -0.1) is 0 Å². The van der Waals surface area contributed by atoms with Crippen LogP contribution in [0, 0.1) is 0 Å². The zero-order valence-electron chi connectivity index (χ0n) is 24.7. The van der Waals surface area contributed by atoms with Crippen LogP contribution < -0.4 is 4.74 Å². The molecule has 0 aliphatic carbocycles. The van der Waals surface area contributed by atoms with Gasteiger partial charge in [-0.1, -0.05) is 52.0 Å². The SMILES string of the molecule is CC(C)c1ccnc(-n2c3ccc(C(C)C)cc3c3ccc(Oc4ccc5c6ccccc6n6ccnc6c5c4)cc32)c1. The van der Waals surface area contributed by atoms with Gasteiger partial charge in [0.2, 0.25) is 0 Å². The van der Waals surface area contributed by atoms with Crippen LogP contribution in [0.2, 0.25) is 0 Å². The number of hydrogen-bond acceptors (Lipinski definition) is 3. The molecule has 4 heterocycles. The zero-order valence-corrected chi connectivity index (χ0v) is 24.7. The van der Waals surface area contributed by atoms with Gasteiger partial charge < -0.3 is 4.74 Å². The van der Waals surface area contributed by atoms with E-state index in [0.29, 0.717) is 11.8 Å². The van der Waals surface area contributed by atoms with Crippen molar-refractivity contribution in [2.24, 2.45) is 0 Å². The lowest BCUT2D eigenvalue weighted by Crippen LogP contribution is -2.00. The lowest BCUT2D eigenvalue weighted by molar-refractivity contribution is 0.484. The van der Waals surface area contributed by atoms with E-state index in [-0.39, 0.29) is 0 Å². The largest absolute Gasteiger partial charge is 0.457 e. The van der Waals surface area contributed by atoms with E-state index in [1.165, 1.54) is 27.3 Å². The summed E-state index contributed by atoms with van der Waals surface area (Å²) in [7, 11) is 0. The maximum Gasteiger partial charge on any atom is 0.145 e. The predicted octanol–water partition coefficient (Wildman–Crippen LogP) is 10.2. The van der Waals surface area contributed by atoms with Gasteiger partial charge in [-0.05, 0) is 89.0 Å². The summed E-state index contributed by atoms with van der Waals surface area (Å²) >= 11 is 0. The Morgan fingerprint density at radius 2 is 1.30 bits per heavy atom. The lowest BCUT2D eigenvalue weighted by atomic mass is 10.0. The van der Waals surface area contributed by atoms with Crippen LogP contribution in [0.3, 0.4) is 0 Å². The third-order valence-electron chi connectivity index (χ3n) is 8.66. The number of ether oxygens (including phenoxy) is 1. The lowest BCUT2D eigenvalue weighted by Gasteiger charge is -2.12. The zero-order chi connectivity index (χ0) is 29.2. The van der Waals surface area contributed by atoms with Crippen LogP contribution in [0.25, 0.3) is 54.9 Å². The fourth-order valence-electron chi connectivity index (χ4n) is 6.35. The van der Waals surface area contributed by atoms with Crippen molar-refractivity contribution in [1.29, 1.82) is 0 Å². The van der Waals surface area contributed by atoms with Gasteiger partial charge in [0.05, 0.1) is 16.6 Å². The highest BCUT2D eigenvalue weighted by Gasteiger charge is 2.17. The van der Waals surface area contributed by atoms with Crippen molar-refractivity contribution in [2.75, 3.05) is 0 Å². The molecular formula is C38H32N4O. The van der Waals surface area contributed by atoms with E-state index >= 15 is 0 Å². The first kappa shape index (κ1) is 25.5. The molecule has 5 nitrogen and oxygen atoms in total. The van der Waals surface area contributed by atoms with Crippen LogP contribution in [0.4, 0.5) is 0 Å². The Hall–Kier alpha value is -5.16. The van der Waals surface area contributed by atoms with Crippen LogP contribution in [0.15, 0.2) is 110 Å². The molecule has 0 N–H and O–H groups in total. The van der Waals surface area contributed by atoms with Crippen molar-refractivity contribution in [3.8, 4) is 17.3 Å². The van der Waals surface area contributed by atoms with Crippen molar-refractivity contribution in [3.63, 3.8) is 0 Å². The molecule has 4 aromatic heterocycles. The number of benzene rings is 4. The van der Waals surface area contributed by atoms with E-state index < -0.39 is 0 Å². The summed E-state index contributed by atoms with van der Waals surface area (Å²) in [6, 6.07) is 32.3. The molecule has 43 heavy (non-hydrogen) atoms. The van der Waals surface area contributed by atoms with E-state index in [0.717, 1.165) is 50.3 Å². The molecule has 0 atom stereocenters. The normalized spacial score (nSPS) is 12.1. The second-order valence-electron chi connectivity index (χ2n) is 12.0. The number of hydrogen-bond donors (Lipinski definition) is 0. The van der Waals surface area contributed by atoms with Gasteiger partial charge >= 0.3 is 0 Å². The number of pyridine rings is 2. The third kappa shape index (κ3) is 4.07. The Balaban J connectivity index is 1.30. The van der Waals surface area contributed by atoms with Crippen molar-refractivity contribution >= 4 is 49.1 Å². The molecule has 0 bridgehead atoms. The van der Waals surface area contributed by atoms with E-state index in [2.05, 4.69) is 128 Å². The standard InChI is InChI=1S/C38H32N4O/c1-23(2)25-9-14-35-32(19-25)31-13-11-28(22-36(31)42(35)37-20-26(24(3)4)15-16-39-37)43-27-10-12-29-30-7-5-6-8-34(30)41-18-17-40-38(41)33(29)21-27/h5-24H,1-4H3. The minimum atomic E-state index is 0.410. The van der Waals surface area contributed by atoms with E-state index in [1.807, 2.05) is 18.6 Å². The van der Waals surface area contributed by atoms with Crippen LogP contribution in [0.1, 0.15) is 50.7 Å². The first-order chi connectivity index (χ1) is 21.0. The van der Waals surface area contributed by atoms with Gasteiger partial charge in [0.1, 0.15) is 23.0 Å². The summed E-state index contributed by atoms with van der Waals surface area (Å²) in [4.78, 5) is 9.52. The van der Waals surface area contributed by atoms with Gasteiger partial charge in [-0.3, -0.25) is 8.97 Å². The minimum absolute atomic E-state index is 0.410. The summed E-state index contributed by atoms with van der Waals surface area (Å²) in [6.45, 7) is 8.91. The number of imidazole rings is 1. The number of aromatic nitrogens is 4. The average Bonchev–Trinajstić information content (AvgIpc) is 3.64. The Morgan fingerprint density at radius 1 is 0.558 bits per heavy atom. The quantitative estimate of drug-likeness (QED) is 0.197. The molecule has 0 spiro atoms. The molecule has 4 aromatic carbocycles. The Bertz CT molecular complexity index is 2340. The fraction of sp³-hybridized carbons (Fsp3) is 0.158. The first-order valence-electron chi connectivity index (χ1n) is 15.0. The molecular weight excluding hydrogens is 528 g/mol. The molecule has 0 amide bonds. The van der Waals surface area contributed by atoms with Gasteiger partial charge in [-0.25, -0.2) is 9.97 Å². The number of para-hydroxylation sites is 1. The number of fused-ring (bicyclic) bond motifs is 9. The summed E-state index contributed by atoms with van der Waals surface area (Å²) < 4.78 is 11.0. The molecule has 0 saturated carbocycles. The summed E-state index contributed by atoms with van der Waals surface area (Å²) in [5.41, 5.74) is 6.87. The Kier molecular flexibility index (Phi) is 5.76. The second kappa shape index (κ2) is 9.70. The van der Waals surface area contributed by atoms with E-state index in [1.54, 1.807) is 0 Å². The summed E-state index contributed by atoms with van der Waals surface area (Å²) in [5, 5.41) is 5.83. The third-order valence-corrected chi connectivity index (χ3v) is 8.66. The Morgan fingerprint density at radius 3 is 2.14 bits per heavy atom. The van der Waals surface area contributed by atoms with Crippen LogP contribution in [-0.4, -0.2) is 18.9 Å². The highest BCUT2D eigenvalue weighted by molar-refractivity contribution is 6.12. The molecule has 0 radical (unpaired) electrons. The van der Waals surface area contributed by atoms with Crippen LogP contribution in [-0.2, 0) is 0 Å². The van der Waals surface area contributed by atoms with Gasteiger partial charge in [-0.2, -0.15) is 0 Å². The van der Waals surface area contributed by atoms with Crippen molar-refractivity contribution in [2.45, 2.75) is 39.5 Å². The van der Waals surface area contributed by atoms with Crippen molar-refractivity contribution in [1.82, 2.24) is 18.9 Å². The molecule has 210 valence electrons. The molecule has 0 fully saturated rings. The van der Waals surface area contributed by atoms with E-state index in [9.17, 15) is 0 Å². The molecule has 0 aliphatic heterocycles. The predicted molar refractivity (Wildman–Crippen MR) is 177 cm³/mol. The van der Waals surface area contributed by atoms with Gasteiger partial charge in [0.15, 0.2) is 0 Å². The molecule has 0 saturated heterocycles. The highest BCUT2D eigenvalue weighted by Crippen LogP contribution is 2.38. The Labute approximate surface area is 250 Å². The fourth-order valence-corrected chi connectivity index (χ4v) is 6.35. The van der Waals surface area contributed by atoms with E-state index in [4.69, 9.17) is 14.7 Å². The van der Waals surface area contributed by atoms with Crippen LogP contribution >= 0.6 is 0 Å². The minimum Gasteiger partial charge on any atom is -0.457 e. The molecule has 0 aliphatic rings. The molecule has 8 rings (SSSR count). The second-order valence-corrected chi connectivity index (χ2v) is 12.0. The summed E-state index contributed by atoms with van der Waals surface area (Å²) in [5.74, 6) is 3.32. The van der Waals surface area contributed by atoms with Gasteiger partial charge in [0.25, 0.3) is 0 Å². The van der Waals surface area contributed by atoms with Crippen molar-refractivity contribution < 1.29 is 4.74 Å². The number of nitrogens with zero attached hydrogens (tertiary/aromatic N) is 4. The van der Waals surface area contributed by atoms with Gasteiger partial charge in [0, 0.05) is 46.2 Å². The highest BCUT2D eigenvalue weighted by atomic mass is 16.5. The monoisotopic (exact) mass is 560 g/mol. The van der Waals surface area contributed by atoms with Crippen molar-refractivity contribution in [3.05, 3.63) is 121 Å². The molecule has 0 unspecified atom stereocenters. The topological polar surface area (TPSA) is 44.4 Å². The average molecular weight is 561 g/mol. The number of rotatable bonds is 5. The first-order valence-corrected chi connectivity index (χ1v) is 15.0. The maximum atomic E-state index is 6.57.